The molecule has 1 N–H and O–H groups in total. The Morgan fingerprint density at radius 2 is 1.94 bits per heavy atom. The molecule has 0 saturated heterocycles. The highest BCUT2D eigenvalue weighted by Gasteiger charge is 2.42. The van der Waals surface area contributed by atoms with Crippen LogP contribution < -0.4 is 0 Å². The van der Waals surface area contributed by atoms with Gasteiger partial charge in [0.25, 0.3) is 0 Å². The van der Waals surface area contributed by atoms with Gasteiger partial charge >= 0.3 is 0 Å². The maximum atomic E-state index is 10.8. The van der Waals surface area contributed by atoms with Crippen LogP contribution in [-0.2, 0) is 0 Å². The van der Waals surface area contributed by atoms with Crippen molar-refractivity contribution in [3.63, 3.8) is 0 Å². The molecule has 2 nitrogen and oxygen atoms in total. The molecule has 96 valence electrons. The van der Waals surface area contributed by atoms with Crippen LogP contribution >= 0.6 is 11.3 Å². The van der Waals surface area contributed by atoms with Gasteiger partial charge in [0, 0.05) is 4.88 Å². The molecule has 0 aliphatic heterocycles. The van der Waals surface area contributed by atoms with E-state index in [1.54, 1.807) is 11.3 Å². The molecule has 0 amide bonds. The molecule has 1 aliphatic carbocycles. The Labute approximate surface area is 108 Å². The number of thiophene rings is 1. The summed E-state index contributed by atoms with van der Waals surface area (Å²) in [5.41, 5.74) is 1.08. The molecule has 1 aromatic heterocycles. The van der Waals surface area contributed by atoms with Crippen LogP contribution in [0, 0.1) is 6.92 Å². The maximum Gasteiger partial charge on any atom is 0.0984 e. The van der Waals surface area contributed by atoms with Crippen LogP contribution in [0.5, 0.6) is 0 Å². The Balaban J connectivity index is 2.30. The molecule has 1 fully saturated rings. The highest BCUT2D eigenvalue weighted by atomic mass is 32.1. The molecule has 0 aromatic carbocycles. The molecule has 1 saturated carbocycles. The highest BCUT2D eigenvalue weighted by Crippen LogP contribution is 2.43. The van der Waals surface area contributed by atoms with Gasteiger partial charge in [-0.15, -0.1) is 11.3 Å². The van der Waals surface area contributed by atoms with E-state index in [4.69, 9.17) is 0 Å². The van der Waals surface area contributed by atoms with E-state index in [9.17, 15) is 5.11 Å². The van der Waals surface area contributed by atoms with Crippen molar-refractivity contribution in [3.8, 4) is 0 Å². The van der Waals surface area contributed by atoms with E-state index in [2.05, 4.69) is 37.4 Å². The first kappa shape index (κ1) is 13.1. The van der Waals surface area contributed by atoms with Gasteiger partial charge in [0.05, 0.1) is 11.6 Å². The molecule has 1 heterocycles. The van der Waals surface area contributed by atoms with Crippen LogP contribution in [0.1, 0.15) is 48.6 Å². The second kappa shape index (κ2) is 5.09. The average Bonchev–Trinajstić information content (AvgIpc) is 2.75. The third-order valence-electron chi connectivity index (χ3n) is 4.31. The van der Waals surface area contributed by atoms with Gasteiger partial charge in [-0.3, -0.25) is 0 Å². The average molecular weight is 253 g/mol. The lowest BCUT2D eigenvalue weighted by molar-refractivity contribution is -0.0336. The van der Waals surface area contributed by atoms with Crippen molar-refractivity contribution in [2.75, 3.05) is 14.1 Å². The van der Waals surface area contributed by atoms with Gasteiger partial charge < -0.3 is 10.0 Å². The second-order valence-electron chi connectivity index (χ2n) is 5.39. The molecule has 1 aliphatic rings. The fourth-order valence-corrected chi connectivity index (χ4v) is 3.83. The lowest BCUT2D eigenvalue weighted by Gasteiger charge is -2.46. The van der Waals surface area contributed by atoms with Gasteiger partial charge in [0.15, 0.2) is 0 Å². The quantitative estimate of drug-likeness (QED) is 0.893. The van der Waals surface area contributed by atoms with E-state index >= 15 is 0 Å². The first-order chi connectivity index (χ1) is 8.08. The molecule has 1 unspecified atom stereocenters. The standard InChI is InChI=1S/C14H23NOS/c1-11-12(7-10-17-11)13(16)14(15(2)3)8-5-4-6-9-14/h7,10,13,16H,4-6,8-9H2,1-3H3. The van der Waals surface area contributed by atoms with Gasteiger partial charge in [-0.2, -0.15) is 0 Å². The summed E-state index contributed by atoms with van der Waals surface area (Å²) in [5.74, 6) is 0. The molecule has 1 atom stereocenters. The molecule has 0 spiro atoms. The maximum absolute atomic E-state index is 10.8. The van der Waals surface area contributed by atoms with Gasteiger partial charge in [-0.25, -0.2) is 0 Å². The summed E-state index contributed by atoms with van der Waals surface area (Å²) in [4.78, 5) is 3.50. The van der Waals surface area contributed by atoms with Crippen LogP contribution in [0.25, 0.3) is 0 Å². The summed E-state index contributed by atoms with van der Waals surface area (Å²) in [6.45, 7) is 2.11. The Hall–Kier alpha value is -0.380. The number of aryl methyl sites for hydroxylation is 1. The minimum Gasteiger partial charge on any atom is -0.386 e. The molecular weight excluding hydrogens is 230 g/mol. The van der Waals surface area contributed by atoms with Crippen molar-refractivity contribution >= 4 is 11.3 Å². The monoisotopic (exact) mass is 253 g/mol. The van der Waals surface area contributed by atoms with Gasteiger partial charge in [-0.1, -0.05) is 19.3 Å². The van der Waals surface area contributed by atoms with E-state index in [0.717, 1.165) is 18.4 Å². The fraction of sp³-hybridized carbons (Fsp3) is 0.714. The number of hydrogen-bond acceptors (Lipinski definition) is 3. The van der Waals surface area contributed by atoms with Crippen LogP contribution in [0.15, 0.2) is 11.4 Å². The normalized spacial score (nSPS) is 21.7. The Bertz CT molecular complexity index is 366. The number of nitrogens with zero attached hydrogens (tertiary/aromatic N) is 1. The van der Waals surface area contributed by atoms with Crippen LogP contribution in [0.4, 0.5) is 0 Å². The minimum absolute atomic E-state index is 0.0515. The summed E-state index contributed by atoms with van der Waals surface area (Å²) in [6.07, 6.45) is 5.65. The first-order valence-electron chi connectivity index (χ1n) is 6.47. The molecule has 0 bridgehead atoms. The van der Waals surface area contributed by atoms with E-state index in [1.807, 2.05) is 0 Å². The number of likely N-dealkylation sites (N-methyl/N-ethyl adjacent to an activating group) is 1. The van der Waals surface area contributed by atoms with Crippen molar-refractivity contribution < 1.29 is 5.11 Å². The fourth-order valence-electron chi connectivity index (χ4n) is 3.10. The number of aliphatic hydroxyl groups excluding tert-OH is 1. The topological polar surface area (TPSA) is 23.5 Å². The smallest absolute Gasteiger partial charge is 0.0984 e. The van der Waals surface area contributed by atoms with Crippen molar-refractivity contribution in [2.24, 2.45) is 0 Å². The molecule has 17 heavy (non-hydrogen) atoms. The molecule has 2 rings (SSSR count). The van der Waals surface area contributed by atoms with Crippen molar-refractivity contribution in [1.29, 1.82) is 0 Å². The van der Waals surface area contributed by atoms with Crippen molar-refractivity contribution in [3.05, 3.63) is 21.9 Å². The highest BCUT2D eigenvalue weighted by molar-refractivity contribution is 7.10. The van der Waals surface area contributed by atoms with E-state index in [-0.39, 0.29) is 11.6 Å². The predicted molar refractivity (Wildman–Crippen MR) is 73.5 cm³/mol. The van der Waals surface area contributed by atoms with Crippen LogP contribution in [-0.4, -0.2) is 29.6 Å². The second-order valence-corrected chi connectivity index (χ2v) is 6.51. The van der Waals surface area contributed by atoms with Crippen LogP contribution in [0.2, 0.25) is 0 Å². The predicted octanol–water partition coefficient (Wildman–Crippen LogP) is 3.35. The zero-order valence-corrected chi connectivity index (χ0v) is 11.9. The van der Waals surface area contributed by atoms with Crippen LogP contribution in [0.3, 0.4) is 0 Å². The largest absolute Gasteiger partial charge is 0.386 e. The Morgan fingerprint density at radius 3 is 2.41 bits per heavy atom. The third-order valence-corrected chi connectivity index (χ3v) is 5.17. The Kier molecular flexibility index (Phi) is 3.91. The zero-order chi connectivity index (χ0) is 12.5. The summed E-state index contributed by atoms with van der Waals surface area (Å²) in [6, 6.07) is 2.09. The van der Waals surface area contributed by atoms with E-state index < -0.39 is 0 Å². The number of aliphatic hydroxyl groups is 1. The summed E-state index contributed by atoms with van der Waals surface area (Å²) >= 11 is 1.73. The zero-order valence-electron chi connectivity index (χ0n) is 11.1. The SMILES string of the molecule is Cc1sccc1C(O)C1(N(C)C)CCCCC1. The summed E-state index contributed by atoms with van der Waals surface area (Å²) in [7, 11) is 4.21. The molecule has 3 heteroatoms. The lowest BCUT2D eigenvalue weighted by atomic mass is 9.74. The number of rotatable bonds is 3. The van der Waals surface area contributed by atoms with E-state index in [0.29, 0.717) is 0 Å². The lowest BCUT2D eigenvalue weighted by Crippen LogP contribution is -2.50. The van der Waals surface area contributed by atoms with Gasteiger partial charge in [0.1, 0.15) is 0 Å². The molecule has 1 aromatic rings. The summed E-state index contributed by atoms with van der Waals surface area (Å²) < 4.78 is 0. The van der Waals surface area contributed by atoms with Gasteiger partial charge in [0.2, 0.25) is 0 Å². The van der Waals surface area contributed by atoms with E-state index in [1.165, 1.54) is 24.1 Å². The molecular formula is C14H23NOS. The van der Waals surface area contributed by atoms with Crippen molar-refractivity contribution in [2.45, 2.75) is 50.7 Å². The van der Waals surface area contributed by atoms with Crippen molar-refractivity contribution in [1.82, 2.24) is 4.90 Å². The summed E-state index contributed by atoms with van der Waals surface area (Å²) in [5, 5.41) is 12.9. The molecule has 0 radical (unpaired) electrons. The third kappa shape index (κ3) is 2.28. The first-order valence-corrected chi connectivity index (χ1v) is 7.35. The number of hydrogen-bond donors (Lipinski definition) is 1. The van der Waals surface area contributed by atoms with Gasteiger partial charge in [-0.05, 0) is 50.9 Å². The minimum atomic E-state index is -0.343. The Morgan fingerprint density at radius 1 is 1.29 bits per heavy atom.